The Hall–Kier alpha value is -0.160. The van der Waals surface area contributed by atoms with E-state index in [0.717, 1.165) is 51.9 Å². The van der Waals surface area contributed by atoms with Crippen molar-refractivity contribution in [3.63, 3.8) is 0 Å². The highest BCUT2D eigenvalue weighted by Crippen LogP contribution is 2.30. The lowest BCUT2D eigenvalue weighted by molar-refractivity contribution is -0.0278. The number of rotatable bonds is 5. The van der Waals surface area contributed by atoms with Gasteiger partial charge in [-0.05, 0) is 39.2 Å². The van der Waals surface area contributed by atoms with Crippen molar-refractivity contribution >= 4 is 0 Å². The number of nitrogens with one attached hydrogen (secondary N) is 1. The Bertz CT molecular complexity index is 225. The first-order valence-corrected chi connectivity index (χ1v) is 6.77. The van der Waals surface area contributed by atoms with E-state index in [9.17, 15) is 5.11 Å². The van der Waals surface area contributed by atoms with Crippen LogP contribution in [0.2, 0.25) is 0 Å². The molecular formula is C13H25NO3. The van der Waals surface area contributed by atoms with Crippen molar-refractivity contribution in [3.8, 4) is 0 Å². The Morgan fingerprint density at radius 1 is 1.47 bits per heavy atom. The minimum atomic E-state index is -0.116. The zero-order chi connectivity index (χ0) is 12.1. The van der Waals surface area contributed by atoms with E-state index in [0.29, 0.717) is 12.0 Å². The number of hydrogen-bond acceptors (Lipinski definition) is 4. The summed E-state index contributed by atoms with van der Waals surface area (Å²) in [5, 5.41) is 12.8. The van der Waals surface area contributed by atoms with Gasteiger partial charge in [-0.25, -0.2) is 0 Å². The molecule has 1 aliphatic heterocycles. The van der Waals surface area contributed by atoms with Crippen molar-refractivity contribution < 1.29 is 14.6 Å². The number of aliphatic hydroxyl groups excluding tert-OH is 1. The van der Waals surface area contributed by atoms with E-state index in [1.807, 2.05) is 7.05 Å². The van der Waals surface area contributed by atoms with Gasteiger partial charge in [-0.1, -0.05) is 0 Å². The van der Waals surface area contributed by atoms with Gasteiger partial charge in [-0.15, -0.1) is 0 Å². The van der Waals surface area contributed by atoms with Gasteiger partial charge in [0.2, 0.25) is 0 Å². The highest BCUT2D eigenvalue weighted by Gasteiger charge is 2.35. The van der Waals surface area contributed by atoms with E-state index in [2.05, 4.69) is 5.32 Å². The Balaban J connectivity index is 1.76. The molecule has 17 heavy (non-hydrogen) atoms. The first-order valence-electron chi connectivity index (χ1n) is 6.77. The predicted molar refractivity (Wildman–Crippen MR) is 66.0 cm³/mol. The lowest BCUT2D eigenvalue weighted by Crippen LogP contribution is -2.51. The van der Waals surface area contributed by atoms with Crippen LogP contribution in [0.25, 0.3) is 0 Å². The predicted octanol–water partition coefficient (Wildman–Crippen LogP) is 0.933. The highest BCUT2D eigenvalue weighted by atomic mass is 16.5. The highest BCUT2D eigenvalue weighted by molar-refractivity contribution is 4.93. The maximum atomic E-state index is 9.50. The summed E-state index contributed by atoms with van der Waals surface area (Å²) in [5.74, 6) is 0.579. The van der Waals surface area contributed by atoms with Crippen molar-refractivity contribution in [2.75, 3.05) is 33.5 Å². The molecule has 1 heterocycles. The third-order valence-corrected chi connectivity index (χ3v) is 4.22. The molecule has 2 aliphatic rings. The molecule has 0 amide bonds. The smallest absolute Gasteiger partial charge is 0.0614 e. The van der Waals surface area contributed by atoms with Gasteiger partial charge in [-0.3, -0.25) is 0 Å². The van der Waals surface area contributed by atoms with Crippen molar-refractivity contribution in [1.29, 1.82) is 0 Å². The van der Waals surface area contributed by atoms with Gasteiger partial charge in [-0.2, -0.15) is 0 Å². The zero-order valence-electron chi connectivity index (χ0n) is 10.8. The fourth-order valence-electron chi connectivity index (χ4n) is 2.89. The summed E-state index contributed by atoms with van der Waals surface area (Å²) in [6.07, 6.45) is 5.65. The van der Waals surface area contributed by atoms with E-state index in [1.54, 1.807) is 0 Å². The molecule has 3 atom stereocenters. The summed E-state index contributed by atoms with van der Waals surface area (Å²) in [6, 6.07) is 0. The van der Waals surface area contributed by atoms with E-state index < -0.39 is 0 Å². The summed E-state index contributed by atoms with van der Waals surface area (Å²) >= 11 is 0. The van der Waals surface area contributed by atoms with Crippen LogP contribution in [0, 0.1) is 5.92 Å². The lowest BCUT2D eigenvalue weighted by atomic mass is 9.80. The van der Waals surface area contributed by atoms with E-state index in [1.165, 1.54) is 0 Å². The molecule has 100 valence electrons. The summed E-state index contributed by atoms with van der Waals surface area (Å²) in [7, 11) is 1.93. The lowest BCUT2D eigenvalue weighted by Gasteiger charge is -2.39. The molecular weight excluding hydrogens is 218 g/mol. The molecule has 3 unspecified atom stereocenters. The first kappa shape index (κ1) is 13.3. The molecule has 0 bridgehead atoms. The molecule has 2 rings (SSSR count). The van der Waals surface area contributed by atoms with Gasteiger partial charge in [0, 0.05) is 18.1 Å². The second kappa shape index (κ2) is 6.14. The van der Waals surface area contributed by atoms with Crippen LogP contribution >= 0.6 is 0 Å². The van der Waals surface area contributed by atoms with Crippen LogP contribution in [0.1, 0.15) is 32.1 Å². The normalized spacial score (nSPS) is 38.5. The molecule has 1 saturated carbocycles. The Morgan fingerprint density at radius 3 is 3.00 bits per heavy atom. The van der Waals surface area contributed by atoms with Crippen LogP contribution in [0.15, 0.2) is 0 Å². The average Bonchev–Trinajstić information content (AvgIpc) is 2.90. The fourth-order valence-corrected chi connectivity index (χ4v) is 2.89. The minimum Gasteiger partial charge on any atom is -0.394 e. The van der Waals surface area contributed by atoms with Crippen LogP contribution in [0.5, 0.6) is 0 Å². The largest absolute Gasteiger partial charge is 0.394 e. The van der Waals surface area contributed by atoms with Crippen LogP contribution in [0.4, 0.5) is 0 Å². The summed E-state index contributed by atoms with van der Waals surface area (Å²) < 4.78 is 11.3. The molecule has 0 aromatic heterocycles. The van der Waals surface area contributed by atoms with E-state index >= 15 is 0 Å². The van der Waals surface area contributed by atoms with Crippen molar-refractivity contribution in [1.82, 2.24) is 5.32 Å². The minimum absolute atomic E-state index is 0.116. The summed E-state index contributed by atoms with van der Waals surface area (Å²) in [4.78, 5) is 0. The molecule has 0 aromatic rings. The Morgan fingerprint density at radius 2 is 2.35 bits per heavy atom. The molecule has 0 radical (unpaired) electrons. The van der Waals surface area contributed by atoms with Crippen molar-refractivity contribution in [2.45, 2.75) is 43.7 Å². The Labute approximate surface area is 104 Å². The van der Waals surface area contributed by atoms with Crippen LogP contribution < -0.4 is 5.32 Å². The number of aliphatic hydroxyl groups is 1. The SMILES string of the molecule is CNC1(CO)CCCC(OCC2CCOC2)C1. The molecule has 4 heteroatoms. The maximum Gasteiger partial charge on any atom is 0.0614 e. The van der Waals surface area contributed by atoms with Gasteiger partial charge in [0.05, 0.1) is 25.9 Å². The molecule has 1 aliphatic carbocycles. The molecule has 0 aromatic carbocycles. The third-order valence-electron chi connectivity index (χ3n) is 4.22. The quantitative estimate of drug-likeness (QED) is 0.754. The van der Waals surface area contributed by atoms with Crippen LogP contribution in [-0.4, -0.2) is 50.2 Å². The molecule has 2 fully saturated rings. The van der Waals surface area contributed by atoms with Gasteiger partial charge in [0.1, 0.15) is 0 Å². The number of likely N-dealkylation sites (N-methyl/N-ethyl adjacent to an activating group) is 1. The van der Waals surface area contributed by atoms with E-state index in [-0.39, 0.29) is 12.1 Å². The van der Waals surface area contributed by atoms with Crippen molar-refractivity contribution in [2.24, 2.45) is 5.92 Å². The van der Waals surface area contributed by atoms with E-state index in [4.69, 9.17) is 9.47 Å². The summed E-state index contributed by atoms with van der Waals surface area (Å²) in [5.41, 5.74) is -0.116. The van der Waals surface area contributed by atoms with Gasteiger partial charge < -0.3 is 19.9 Å². The average molecular weight is 243 g/mol. The van der Waals surface area contributed by atoms with Crippen LogP contribution in [0.3, 0.4) is 0 Å². The van der Waals surface area contributed by atoms with Crippen molar-refractivity contribution in [3.05, 3.63) is 0 Å². The zero-order valence-corrected chi connectivity index (χ0v) is 10.8. The maximum absolute atomic E-state index is 9.50. The number of ether oxygens (including phenoxy) is 2. The van der Waals surface area contributed by atoms with Crippen LogP contribution in [-0.2, 0) is 9.47 Å². The number of hydrogen-bond donors (Lipinski definition) is 2. The monoisotopic (exact) mass is 243 g/mol. The second-order valence-electron chi connectivity index (χ2n) is 5.47. The van der Waals surface area contributed by atoms with Gasteiger partial charge >= 0.3 is 0 Å². The molecule has 4 nitrogen and oxygen atoms in total. The fraction of sp³-hybridized carbons (Fsp3) is 1.00. The second-order valence-corrected chi connectivity index (χ2v) is 5.47. The molecule has 1 saturated heterocycles. The van der Waals surface area contributed by atoms with Gasteiger partial charge in [0.15, 0.2) is 0 Å². The first-order chi connectivity index (χ1) is 8.28. The third kappa shape index (κ3) is 3.41. The summed E-state index contributed by atoms with van der Waals surface area (Å²) in [6.45, 7) is 2.76. The Kier molecular flexibility index (Phi) is 4.79. The topological polar surface area (TPSA) is 50.7 Å². The molecule has 0 spiro atoms. The standard InChI is InChI=1S/C13H25NO3/c1-14-13(10-15)5-2-3-12(7-13)17-9-11-4-6-16-8-11/h11-12,14-15H,2-10H2,1H3. The van der Waals surface area contributed by atoms with Gasteiger partial charge in [0.25, 0.3) is 0 Å². The molecule has 2 N–H and O–H groups in total.